The highest BCUT2D eigenvalue weighted by Crippen LogP contribution is 2.13. The molecule has 0 aromatic carbocycles. The zero-order chi connectivity index (χ0) is 22.1. The van der Waals surface area contributed by atoms with Crippen molar-refractivity contribution >= 4 is 23.8 Å². The van der Waals surface area contributed by atoms with Crippen LogP contribution >= 0.6 is 0 Å². The van der Waals surface area contributed by atoms with Gasteiger partial charge in [0.25, 0.3) is 0 Å². The van der Waals surface area contributed by atoms with Crippen LogP contribution in [-0.2, 0) is 28.6 Å². The fourth-order valence-corrected chi connectivity index (χ4v) is 1.37. The smallest absolute Gasteiger partial charge is 0.348 e. The van der Waals surface area contributed by atoms with Crippen LogP contribution in [0.5, 0.6) is 0 Å². The summed E-state index contributed by atoms with van der Waals surface area (Å²) >= 11 is 0. The van der Waals surface area contributed by atoms with E-state index in [0.717, 1.165) is 39.6 Å². The third kappa shape index (κ3) is 9.49. The predicted octanol–water partition coefficient (Wildman–Crippen LogP) is -0.693. The zero-order valence-electron chi connectivity index (χ0n) is 16.1. The fourth-order valence-electron chi connectivity index (χ4n) is 1.37. The first-order chi connectivity index (χ1) is 13.3. The van der Waals surface area contributed by atoms with Crippen molar-refractivity contribution in [1.29, 1.82) is 10.5 Å². The molecule has 0 aliphatic heterocycles. The number of carbonyl (C=O) groups is 3. The van der Waals surface area contributed by atoms with Gasteiger partial charge in [-0.15, -0.1) is 0 Å². The van der Waals surface area contributed by atoms with Crippen LogP contribution in [-0.4, -0.2) is 59.2 Å². The molecule has 0 amide bonds. The van der Waals surface area contributed by atoms with E-state index >= 15 is 0 Å². The molecule has 148 valence electrons. The van der Waals surface area contributed by atoms with Crippen LogP contribution in [0.15, 0.2) is 40.5 Å². The van der Waals surface area contributed by atoms with Crippen LogP contribution in [0.1, 0.15) is 0 Å². The van der Waals surface area contributed by atoms with Gasteiger partial charge in [0.05, 0.1) is 41.0 Å². The second-order valence-electron chi connectivity index (χ2n) is 4.56. The molecule has 0 saturated carbocycles. The number of esters is 3. The minimum absolute atomic E-state index is 0.147. The Hall–Kier alpha value is -3.98. The molecule has 2 N–H and O–H groups in total. The van der Waals surface area contributed by atoms with Gasteiger partial charge < -0.3 is 24.9 Å². The number of nitrogens with two attached hydrogens (primary N) is 1. The van der Waals surface area contributed by atoms with Crippen molar-refractivity contribution in [3.8, 4) is 12.1 Å². The van der Waals surface area contributed by atoms with Crippen molar-refractivity contribution in [2.75, 3.05) is 35.4 Å². The van der Waals surface area contributed by atoms with Gasteiger partial charge in [-0.2, -0.15) is 10.5 Å². The molecule has 0 fully saturated rings. The number of ether oxygens (including phenoxy) is 3. The number of hydrogen-bond acceptors (Lipinski definition) is 8. The summed E-state index contributed by atoms with van der Waals surface area (Å²) in [4.78, 5) is 34.5. The molecule has 0 radical (unpaired) electrons. The minimum Gasteiger partial charge on any atom is -0.763 e. The number of allylic oxidation sites excluding steroid dienone is 3. The highest BCUT2D eigenvalue weighted by atomic mass is 16.5. The Morgan fingerprint density at radius 2 is 1.18 bits per heavy atom. The third-order valence-electron chi connectivity index (χ3n) is 2.51. The monoisotopic (exact) mass is 388 g/mol. The largest absolute Gasteiger partial charge is 0.763 e. The predicted molar refractivity (Wildman–Crippen MR) is 97.2 cm³/mol. The van der Waals surface area contributed by atoms with Gasteiger partial charge in [-0.1, -0.05) is 0 Å². The van der Waals surface area contributed by atoms with Crippen LogP contribution in [0.2, 0.25) is 0 Å². The summed E-state index contributed by atoms with van der Waals surface area (Å²) in [5.74, 6) is -1.41. The molecule has 0 aliphatic rings. The standard InChI is InChI=1S/C16H12N3O6.C2H7N/c1-23-14(20)11(7-17)4-10(5-12(8-18)15(21)24-2)6-13(9-19)16(22)25-3;1-3-2/h4-6H,1-3H3;3H,1-2H3/q-1;/p+1/b10-4?,12-5-,13-6+;. The van der Waals surface area contributed by atoms with E-state index in [0.29, 0.717) is 0 Å². The summed E-state index contributed by atoms with van der Waals surface area (Å²) in [5, 5.41) is 28.9. The number of hydrogen-bond donors (Lipinski definition) is 1. The highest BCUT2D eigenvalue weighted by molar-refractivity contribution is 6.02. The minimum atomic E-state index is -0.991. The van der Waals surface area contributed by atoms with Crippen LogP contribution in [0, 0.1) is 22.7 Å². The average Bonchev–Trinajstić information content (AvgIpc) is 2.71. The summed E-state index contributed by atoms with van der Waals surface area (Å²) in [7, 11) is 7.13. The lowest BCUT2D eigenvalue weighted by atomic mass is 10.1. The maximum atomic E-state index is 11.5. The van der Waals surface area contributed by atoms with E-state index in [1.54, 1.807) is 18.0 Å². The molecule has 0 bridgehead atoms. The van der Waals surface area contributed by atoms with Crippen molar-refractivity contribution in [1.82, 2.24) is 0 Å². The Morgan fingerprint density at radius 1 is 0.821 bits per heavy atom. The SMILES string of the molecule is COC(=O)C(=C=[N-])C=C(/C=C(/C#N)C(=O)OC)/C=C(\C#N)C(=O)OC.C[NH2+]C. The van der Waals surface area contributed by atoms with Crippen molar-refractivity contribution in [2.45, 2.75) is 0 Å². The maximum Gasteiger partial charge on any atom is 0.348 e. The lowest BCUT2D eigenvalue weighted by Gasteiger charge is -2.03. The lowest BCUT2D eigenvalue weighted by molar-refractivity contribution is -0.597. The van der Waals surface area contributed by atoms with Crippen molar-refractivity contribution in [2.24, 2.45) is 0 Å². The Kier molecular flexibility index (Phi) is 14.3. The number of methoxy groups -OCH3 is 3. The number of carbonyl (C=O) groups excluding carboxylic acids is 3. The van der Waals surface area contributed by atoms with Crippen molar-refractivity contribution in [3.63, 3.8) is 0 Å². The molecule has 28 heavy (non-hydrogen) atoms. The van der Waals surface area contributed by atoms with Gasteiger partial charge in [0.1, 0.15) is 23.3 Å². The summed E-state index contributed by atoms with van der Waals surface area (Å²) < 4.78 is 13.2. The molecular formula is C18H20N4O6. The van der Waals surface area contributed by atoms with Gasteiger partial charge in [0.15, 0.2) is 0 Å². The molecule has 0 saturated heterocycles. The van der Waals surface area contributed by atoms with Crippen LogP contribution in [0.25, 0.3) is 5.41 Å². The zero-order valence-corrected chi connectivity index (χ0v) is 16.1. The van der Waals surface area contributed by atoms with Gasteiger partial charge >= 0.3 is 17.9 Å². The second kappa shape index (κ2) is 15.3. The summed E-state index contributed by atoms with van der Waals surface area (Å²) in [5.41, 5.74) is -1.62. The Labute approximate surface area is 162 Å². The van der Waals surface area contributed by atoms with E-state index < -0.39 is 34.6 Å². The van der Waals surface area contributed by atoms with Crippen LogP contribution in [0.3, 0.4) is 0 Å². The Morgan fingerprint density at radius 3 is 1.43 bits per heavy atom. The Balaban J connectivity index is 0. The van der Waals surface area contributed by atoms with E-state index in [9.17, 15) is 14.4 Å². The molecule has 10 nitrogen and oxygen atoms in total. The molecule has 0 atom stereocenters. The van der Waals surface area contributed by atoms with E-state index in [4.69, 9.17) is 15.9 Å². The van der Waals surface area contributed by atoms with Crippen molar-refractivity contribution in [3.05, 3.63) is 45.9 Å². The first-order valence-electron chi connectivity index (χ1n) is 7.51. The second-order valence-corrected chi connectivity index (χ2v) is 4.56. The molecule has 0 aromatic heterocycles. The highest BCUT2D eigenvalue weighted by Gasteiger charge is 2.14. The van der Waals surface area contributed by atoms with E-state index in [1.165, 1.54) is 0 Å². The molecular weight excluding hydrogens is 368 g/mol. The van der Waals surface area contributed by atoms with E-state index in [-0.39, 0.29) is 5.57 Å². The lowest BCUT2D eigenvalue weighted by Crippen LogP contribution is -2.74. The quantitative estimate of drug-likeness (QED) is 0.156. The first kappa shape index (κ1) is 26.3. The van der Waals surface area contributed by atoms with Gasteiger partial charge in [0, 0.05) is 0 Å². The van der Waals surface area contributed by atoms with E-state index in [1.807, 2.05) is 19.4 Å². The molecule has 0 aromatic rings. The molecule has 0 unspecified atom stereocenters. The number of nitrogens with zero attached hydrogens (tertiary/aromatic N) is 3. The normalized spacial score (nSPS) is 10.8. The molecule has 0 heterocycles. The van der Waals surface area contributed by atoms with Gasteiger partial charge in [-0.05, 0) is 23.8 Å². The summed E-state index contributed by atoms with van der Waals surface area (Å²) in [6.07, 6.45) is 2.81. The summed E-state index contributed by atoms with van der Waals surface area (Å²) in [6.45, 7) is 0. The topological polar surface area (TPSA) is 165 Å². The number of rotatable bonds is 6. The molecule has 0 rings (SSSR count). The van der Waals surface area contributed by atoms with Crippen molar-refractivity contribution < 1.29 is 33.9 Å². The number of quaternary nitrogens is 1. The molecule has 0 aliphatic carbocycles. The van der Waals surface area contributed by atoms with Gasteiger partial charge in [-0.3, -0.25) is 5.87 Å². The number of nitriles is 2. The molecule has 10 heteroatoms. The van der Waals surface area contributed by atoms with Gasteiger partial charge in [-0.25, -0.2) is 14.4 Å². The van der Waals surface area contributed by atoms with Gasteiger partial charge in [0.2, 0.25) is 0 Å². The molecule has 0 spiro atoms. The van der Waals surface area contributed by atoms with Crippen LogP contribution in [0.4, 0.5) is 0 Å². The summed E-state index contributed by atoms with van der Waals surface area (Å²) in [6, 6.07) is 3.12. The average molecular weight is 388 g/mol. The maximum absolute atomic E-state index is 11.5. The van der Waals surface area contributed by atoms with Crippen LogP contribution < -0.4 is 5.32 Å². The Bertz CT molecular complexity index is 772. The first-order valence-corrected chi connectivity index (χ1v) is 7.51. The third-order valence-corrected chi connectivity index (χ3v) is 2.51. The van der Waals surface area contributed by atoms with E-state index in [2.05, 4.69) is 14.2 Å². The fraction of sp³-hybridized carbons (Fsp3) is 0.278.